The van der Waals surface area contributed by atoms with Crippen molar-refractivity contribution in [2.45, 2.75) is 25.8 Å². The van der Waals surface area contributed by atoms with E-state index in [4.69, 9.17) is 11.6 Å². The number of amides is 1. The highest BCUT2D eigenvalue weighted by atomic mass is 35.5. The van der Waals surface area contributed by atoms with Crippen molar-refractivity contribution >= 4 is 23.3 Å². The molecule has 0 spiro atoms. The zero-order chi connectivity index (χ0) is 14.1. The molecule has 0 aromatic carbocycles. The van der Waals surface area contributed by atoms with Crippen LogP contribution in [0.3, 0.4) is 0 Å². The maximum absolute atomic E-state index is 12.5. The quantitative estimate of drug-likeness (QED) is 0.816. The van der Waals surface area contributed by atoms with Crippen LogP contribution in [0.4, 0.5) is 0 Å². The lowest BCUT2D eigenvalue weighted by Gasteiger charge is -2.23. The van der Waals surface area contributed by atoms with Crippen molar-refractivity contribution in [3.05, 3.63) is 41.5 Å². The average molecular weight is 291 g/mol. The first-order valence-electron chi connectivity index (χ1n) is 6.67. The summed E-state index contributed by atoms with van der Waals surface area (Å²) in [4.78, 5) is 22.7. The van der Waals surface area contributed by atoms with Crippen LogP contribution in [0.15, 0.2) is 30.7 Å². The van der Waals surface area contributed by atoms with E-state index >= 15 is 0 Å². The highest BCUT2D eigenvalue weighted by molar-refractivity contribution is 6.30. The Morgan fingerprint density at radius 1 is 1.50 bits per heavy atom. The number of halogens is 1. The van der Waals surface area contributed by atoms with Crippen molar-refractivity contribution in [2.75, 3.05) is 6.54 Å². The Balaban J connectivity index is 1.88. The number of fused-ring (bicyclic) bond motifs is 1. The lowest BCUT2D eigenvalue weighted by Crippen LogP contribution is -2.36. The Morgan fingerprint density at radius 2 is 2.35 bits per heavy atom. The zero-order valence-electron chi connectivity index (χ0n) is 11.2. The van der Waals surface area contributed by atoms with Crippen LogP contribution in [-0.4, -0.2) is 37.8 Å². The van der Waals surface area contributed by atoms with E-state index in [-0.39, 0.29) is 11.9 Å². The third kappa shape index (κ3) is 2.29. The first-order chi connectivity index (χ1) is 9.69. The fraction of sp³-hybridized carbons (Fsp3) is 0.357. The molecule has 0 saturated carbocycles. The first-order valence-corrected chi connectivity index (χ1v) is 7.04. The molecule has 1 aliphatic heterocycles. The van der Waals surface area contributed by atoms with Crippen LogP contribution in [0.25, 0.3) is 5.78 Å². The van der Waals surface area contributed by atoms with Crippen LogP contribution in [0, 0.1) is 0 Å². The standard InChI is InChI=1S/C14H15ClN4O/c1-2-4-11-5-3-6-19(11)13(20)12-9-18-8-10(15)7-16-14(18)17-12/h3,5,7-9,11H,2,4,6H2,1H3/t11-/m0/s1. The van der Waals surface area contributed by atoms with Crippen molar-refractivity contribution in [2.24, 2.45) is 0 Å². The third-order valence-electron chi connectivity index (χ3n) is 3.40. The summed E-state index contributed by atoms with van der Waals surface area (Å²) in [5.41, 5.74) is 0.407. The van der Waals surface area contributed by atoms with Gasteiger partial charge >= 0.3 is 0 Å². The monoisotopic (exact) mass is 290 g/mol. The maximum Gasteiger partial charge on any atom is 0.274 e. The molecule has 5 nitrogen and oxygen atoms in total. The summed E-state index contributed by atoms with van der Waals surface area (Å²) in [6, 6.07) is 0.175. The predicted octanol–water partition coefficient (Wildman–Crippen LogP) is 2.56. The highest BCUT2D eigenvalue weighted by Gasteiger charge is 2.26. The van der Waals surface area contributed by atoms with Gasteiger partial charge in [0.05, 0.1) is 17.3 Å². The van der Waals surface area contributed by atoms with Gasteiger partial charge in [-0.05, 0) is 6.42 Å². The van der Waals surface area contributed by atoms with Gasteiger partial charge in [-0.15, -0.1) is 0 Å². The van der Waals surface area contributed by atoms with Crippen molar-refractivity contribution in [1.29, 1.82) is 0 Å². The molecule has 1 atom stereocenters. The minimum Gasteiger partial charge on any atom is -0.327 e. The second kappa shape index (κ2) is 5.25. The van der Waals surface area contributed by atoms with Crippen molar-refractivity contribution in [3.8, 4) is 0 Å². The molecule has 2 aromatic heterocycles. The average Bonchev–Trinajstić information content (AvgIpc) is 3.04. The summed E-state index contributed by atoms with van der Waals surface area (Å²) in [5, 5.41) is 0.514. The molecule has 1 amide bonds. The van der Waals surface area contributed by atoms with Crippen molar-refractivity contribution in [1.82, 2.24) is 19.3 Å². The molecular weight excluding hydrogens is 276 g/mol. The molecule has 2 aromatic rings. The third-order valence-corrected chi connectivity index (χ3v) is 3.60. The van der Waals surface area contributed by atoms with E-state index in [0.29, 0.717) is 23.0 Å². The molecule has 0 N–H and O–H groups in total. The van der Waals surface area contributed by atoms with Gasteiger partial charge in [0.25, 0.3) is 5.91 Å². The van der Waals surface area contributed by atoms with Gasteiger partial charge in [0, 0.05) is 18.9 Å². The summed E-state index contributed by atoms with van der Waals surface area (Å²) >= 11 is 5.88. The summed E-state index contributed by atoms with van der Waals surface area (Å²) in [6.45, 7) is 2.76. The second-order valence-electron chi connectivity index (χ2n) is 4.85. The number of hydrogen-bond acceptors (Lipinski definition) is 3. The zero-order valence-corrected chi connectivity index (χ0v) is 11.9. The van der Waals surface area contributed by atoms with Gasteiger partial charge in [0.1, 0.15) is 5.69 Å². The van der Waals surface area contributed by atoms with Gasteiger partial charge in [-0.3, -0.25) is 9.20 Å². The molecule has 20 heavy (non-hydrogen) atoms. The van der Waals surface area contributed by atoms with E-state index in [9.17, 15) is 4.79 Å². The minimum absolute atomic E-state index is 0.0601. The molecule has 0 unspecified atom stereocenters. The Morgan fingerprint density at radius 3 is 3.15 bits per heavy atom. The van der Waals surface area contributed by atoms with Crippen LogP contribution in [0.1, 0.15) is 30.3 Å². The SMILES string of the molecule is CCC[C@H]1C=CCN1C(=O)c1cn2cc(Cl)cnc2n1. The number of nitrogens with zero attached hydrogens (tertiary/aromatic N) is 4. The number of rotatable bonds is 3. The molecule has 3 heterocycles. The van der Waals surface area contributed by atoms with Gasteiger partial charge in [-0.1, -0.05) is 37.1 Å². The van der Waals surface area contributed by atoms with Gasteiger partial charge in [-0.2, -0.15) is 0 Å². The number of hydrogen-bond donors (Lipinski definition) is 0. The molecule has 0 aliphatic carbocycles. The topological polar surface area (TPSA) is 50.5 Å². The summed E-state index contributed by atoms with van der Waals surface area (Å²) in [6.07, 6.45) is 11.0. The highest BCUT2D eigenvalue weighted by Crippen LogP contribution is 2.18. The molecule has 0 saturated heterocycles. The number of imidazole rings is 1. The molecule has 0 bridgehead atoms. The Hall–Kier alpha value is -1.88. The molecule has 104 valence electrons. The van der Waals surface area contributed by atoms with Crippen LogP contribution >= 0.6 is 11.6 Å². The van der Waals surface area contributed by atoms with Crippen molar-refractivity contribution < 1.29 is 4.79 Å². The van der Waals surface area contributed by atoms with E-state index in [2.05, 4.69) is 23.0 Å². The van der Waals surface area contributed by atoms with Gasteiger partial charge in [0.15, 0.2) is 0 Å². The van der Waals surface area contributed by atoms with Gasteiger partial charge in [0.2, 0.25) is 5.78 Å². The molecule has 0 radical (unpaired) electrons. The molecule has 1 aliphatic rings. The Bertz CT molecular complexity index is 679. The summed E-state index contributed by atoms with van der Waals surface area (Å²) in [5.74, 6) is 0.423. The lowest BCUT2D eigenvalue weighted by molar-refractivity contribution is 0.0739. The summed E-state index contributed by atoms with van der Waals surface area (Å²) in [7, 11) is 0. The summed E-state index contributed by atoms with van der Waals surface area (Å²) < 4.78 is 1.67. The lowest BCUT2D eigenvalue weighted by atomic mass is 10.1. The predicted molar refractivity (Wildman–Crippen MR) is 76.9 cm³/mol. The molecule has 3 rings (SSSR count). The van der Waals surface area contributed by atoms with Crippen LogP contribution in [-0.2, 0) is 0 Å². The fourth-order valence-corrected chi connectivity index (χ4v) is 2.62. The van der Waals surface area contributed by atoms with E-state index < -0.39 is 0 Å². The van der Waals surface area contributed by atoms with Crippen LogP contribution in [0.2, 0.25) is 5.02 Å². The first kappa shape index (κ1) is 13.1. The van der Waals surface area contributed by atoms with Gasteiger partial charge in [-0.25, -0.2) is 9.97 Å². The van der Waals surface area contributed by atoms with Crippen molar-refractivity contribution in [3.63, 3.8) is 0 Å². The van der Waals surface area contributed by atoms with E-state index in [0.717, 1.165) is 12.8 Å². The van der Waals surface area contributed by atoms with Gasteiger partial charge < -0.3 is 4.90 Å². The number of aromatic nitrogens is 3. The molecular formula is C14H15ClN4O. The normalized spacial score (nSPS) is 18.1. The maximum atomic E-state index is 12.5. The number of carbonyl (C=O) groups is 1. The smallest absolute Gasteiger partial charge is 0.274 e. The minimum atomic E-state index is -0.0601. The Kier molecular flexibility index (Phi) is 3.44. The fourth-order valence-electron chi connectivity index (χ4n) is 2.46. The van der Waals surface area contributed by atoms with E-state index in [1.54, 1.807) is 16.8 Å². The number of carbonyl (C=O) groups excluding carboxylic acids is 1. The van der Waals surface area contributed by atoms with E-state index in [1.165, 1.54) is 6.20 Å². The van der Waals surface area contributed by atoms with E-state index in [1.807, 2.05) is 11.0 Å². The largest absolute Gasteiger partial charge is 0.327 e. The Labute approximate surface area is 121 Å². The van der Waals surface area contributed by atoms with Crippen LogP contribution in [0.5, 0.6) is 0 Å². The van der Waals surface area contributed by atoms with Crippen LogP contribution < -0.4 is 0 Å². The molecule has 6 heteroatoms. The second-order valence-corrected chi connectivity index (χ2v) is 5.28. The molecule has 0 fully saturated rings.